The van der Waals surface area contributed by atoms with Crippen LogP contribution in [0.15, 0.2) is 24.3 Å². The second kappa shape index (κ2) is 28.4. The number of esters is 2. The number of aliphatic hydroxyl groups excluding tert-OH is 1. The van der Waals surface area contributed by atoms with Crippen LogP contribution in [0.4, 0.5) is 0 Å². The number of rotatable bonds is 16. The van der Waals surface area contributed by atoms with Gasteiger partial charge in [-0.1, -0.05) is 29.1 Å². The third-order valence-electron chi connectivity index (χ3n) is 3.56. The molecule has 0 spiro atoms. The zero-order chi connectivity index (χ0) is 29.9. The lowest BCUT2D eigenvalue weighted by Crippen LogP contribution is -2.13. The van der Waals surface area contributed by atoms with Crippen molar-refractivity contribution in [1.29, 1.82) is 0 Å². The van der Waals surface area contributed by atoms with Crippen molar-refractivity contribution in [2.45, 2.75) is 13.8 Å². The van der Waals surface area contributed by atoms with Gasteiger partial charge in [-0.05, 0) is 19.7 Å². The molecule has 0 aliphatic heterocycles. The third-order valence-corrected chi connectivity index (χ3v) is 7.59. The molecule has 0 heterocycles. The van der Waals surface area contributed by atoms with Crippen LogP contribution < -0.4 is 0 Å². The van der Waals surface area contributed by atoms with Crippen molar-refractivity contribution in [3.63, 3.8) is 0 Å². The van der Waals surface area contributed by atoms with E-state index in [1.165, 1.54) is 28.4 Å². The van der Waals surface area contributed by atoms with Crippen LogP contribution >= 0.6 is 42.7 Å². The van der Waals surface area contributed by atoms with Crippen molar-refractivity contribution in [2.24, 2.45) is 0 Å². The van der Waals surface area contributed by atoms with Gasteiger partial charge in [-0.15, -0.1) is 11.6 Å². The molecule has 0 aromatic carbocycles. The fourth-order valence-corrected chi connectivity index (χ4v) is 3.32. The van der Waals surface area contributed by atoms with Crippen LogP contribution in [0.3, 0.4) is 0 Å². The summed E-state index contributed by atoms with van der Waals surface area (Å²) in [7, 11) is -0.782. The maximum Gasteiger partial charge on any atom is 0.335 e. The van der Waals surface area contributed by atoms with Crippen molar-refractivity contribution in [1.82, 2.24) is 0 Å². The molecule has 0 aliphatic carbocycles. The van der Waals surface area contributed by atoms with E-state index in [1.54, 1.807) is 13.8 Å². The molecule has 0 bridgehead atoms. The molecule has 0 aliphatic rings. The monoisotopic (exact) mass is 662 g/mol. The van der Waals surface area contributed by atoms with Gasteiger partial charge in [-0.3, -0.25) is 9.13 Å². The summed E-state index contributed by atoms with van der Waals surface area (Å²) in [5.41, 5.74) is 0.523. The van der Waals surface area contributed by atoms with Crippen LogP contribution in [0.1, 0.15) is 13.8 Å². The van der Waals surface area contributed by atoms with E-state index in [0.717, 1.165) is 0 Å². The Kier molecular flexibility index (Phi) is 33.4. The quantitative estimate of drug-likeness (QED) is 0.0817. The topological polar surface area (TPSA) is 153 Å². The first kappa shape index (κ1) is 43.5. The molecule has 0 aromatic heterocycles. The largest absolute Gasteiger partial charge is 0.463 e. The van der Waals surface area contributed by atoms with Gasteiger partial charge in [0, 0.05) is 34.0 Å². The van der Waals surface area contributed by atoms with Crippen molar-refractivity contribution in [2.75, 3.05) is 85.5 Å². The molecule has 16 heteroatoms. The number of alkyl halides is 2. The molecule has 12 nitrogen and oxygen atoms in total. The second-order valence-electron chi connectivity index (χ2n) is 5.96. The average Bonchev–Trinajstić information content (AvgIpc) is 2.92. The summed E-state index contributed by atoms with van der Waals surface area (Å²) in [6.07, 6.45) is 0.177. The number of carbonyl (C=O) groups is 2. The second-order valence-corrected chi connectivity index (χ2v) is 11.0. The lowest BCUT2D eigenvalue weighted by molar-refractivity contribution is -0.139. The van der Waals surface area contributed by atoms with Crippen LogP contribution in [-0.2, 0) is 51.0 Å². The van der Waals surface area contributed by atoms with E-state index >= 15 is 0 Å². The zero-order valence-corrected chi connectivity index (χ0v) is 26.8. The molecule has 0 rings (SSSR count). The van der Waals surface area contributed by atoms with Crippen LogP contribution in [0.2, 0.25) is 0 Å². The highest BCUT2D eigenvalue weighted by molar-refractivity contribution is 9.08. The number of halogens is 2. The zero-order valence-electron chi connectivity index (χ0n) is 22.7. The highest BCUT2D eigenvalue weighted by Gasteiger charge is 2.20. The van der Waals surface area contributed by atoms with E-state index in [9.17, 15) is 18.7 Å². The Bertz CT molecular complexity index is 706. The maximum atomic E-state index is 11.6. The Balaban J connectivity index is -0.000000231. The maximum absolute atomic E-state index is 11.6. The number of ether oxygens (including phenoxy) is 3. The number of hydrogen-bond donors (Lipinski definition) is 1. The molecule has 0 aromatic rings. The smallest absolute Gasteiger partial charge is 0.335 e. The van der Waals surface area contributed by atoms with E-state index < -0.39 is 27.1 Å². The fraction of sp³-hybridized carbons (Fsp3) is 0.714. The van der Waals surface area contributed by atoms with Gasteiger partial charge in [0.05, 0.1) is 56.8 Å². The molecular formula is C21H42BrClO12P2. The van der Waals surface area contributed by atoms with Gasteiger partial charge in [-0.2, -0.15) is 0 Å². The van der Waals surface area contributed by atoms with E-state index in [-0.39, 0.29) is 43.6 Å². The predicted octanol–water partition coefficient (Wildman–Crippen LogP) is 4.43. The standard InChI is InChI=1S/C10H19O6P.C6H9ClO2.C4H11O4P.CH3Br/c1-5-16-10(11)9(2)8-15-6-7-17(12,13-3)14-4;1-3-9-6(8)5(2)4-7;1-7-9(6,8-2)4-3-5;1-2/h2,5-8H2,1,3-4H3;2-4H2,1H3;5H,3-4H2,1-2H3;1H3. The summed E-state index contributed by atoms with van der Waals surface area (Å²) in [5, 5.41) is 8.33. The Labute approximate surface area is 234 Å². The predicted molar refractivity (Wildman–Crippen MR) is 148 cm³/mol. The summed E-state index contributed by atoms with van der Waals surface area (Å²) >= 11 is 8.22. The molecule has 37 heavy (non-hydrogen) atoms. The molecule has 0 amide bonds. The first-order chi connectivity index (χ1) is 17.4. The molecule has 0 saturated heterocycles. The van der Waals surface area contributed by atoms with Crippen LogP contribution in [-0.4, -0.2) is 103 Å². The minimum Gasteiger partial charge on any atom is -0.463 e. The normalized spacial score (nSPS) is 10.3. The Morgan fingerprint density at radius 1 is 0.811 bits per heavy atom. The first-order valence-corrected chi connectivity index (χ1v) is 16.2. The van der Waals surface area contributed by atoms with E-state index in [1.807, 2.05) is 5.83 Å². The Morgan fingerprint density at radius 3 is 1.49 bits per heavy atom. The number of hydrogen-bond acceptors (Lipinski definition) is 12. The van der Waals surface area contributed by atoms with Gasteiger partial charge in [0.25, 0.3) is 0 Å². The highest BCUT2D eigenvalue weighted by atomic mass is 79.9. The summed E-state index contributed by atoms with van der Waals surface area (Å²) in [6.45, 7) is 11.0. The fourth-order valence-electron chi connectivity index (χ4n) is 1.59. The van der Waals surface area contributed by atoms with Gasteiger partial charge in [0.1, 0.15) is 0 Å². The van der Waals surface area contributed by atoms with Crippen molar-refractivity contribution < 1.29 is 56.1 Å². The summed E-state index contributed by atoms with van der Waals surface area (Å²) in [4.78, 5) is 21.7. The molecule has 0 saturated carbocycles. The van der Waals surface area contributed by atoms with Gasteiger partial charge < -0.3 is 37.4 Å². The Hall–Kier alpha value is -0.590. The third kappa shape index (κ3) is 25.4. The van der Waals surface area contributed by atoms with Crippen molar-refractivity contribution >= 4 is 54.7 Å². The highest BCUT2D eigenvalue weighted by Crippen LogP contribution is 2.46. The summed E-state index contributed by atoms with van der Waals surface area (Å²) in [6, 6.07) is 0. The van der Waals surface area contributed by atoms with E-state index in [4.69, 9.17) is 35.2 Å². The van der Waals surface area contributed by atoms with Crippen molar-refractivity contribution in [3.05, 3.63) is 24.3 Å². The molecule has 222 valence electrons. The lowest BCUT2D eigenvalue weighted by atomic mass is 10.3. The van der Waals surface area contributed by atoms with Gasteiger partial charge >= 0.3 is 27.1 Å². The average molecular weight is 664 g/mol. The van der Waals surface area contributed by atoms with Crippen molar-refractivity contribution in [3.8, 4) is 0 Å². The van der Waals surface area contributed by atoms with E-state index in [0.29, 0.717) is 18.8 Å². The molecule has 0 unspecified atom stereocenters. The van der Waals surface area contributed by atoms with Gasteiger partial charge in [0.15, 0.2) is 0 Å². The van der Waals surface area contributed by atoms with Crippen LogP contribution in [0, 0.1) is 0 Å². The SMILES string of the molecule is C=C(CCl)C(=O)OCC.C=C(COCCP(=O)(OC)OC)C(=O)OCC.CBr.COP(=O)(CCO)OC. The van der Waals surface area contributed by atoms with E-state index in [2.05, 4.69) is 42.9 Å². The van der Waals surface area contributed by atoms with Crippen LogP contribution in [0.25, 0.3) is 0 Å². The molecule has 0 radical (unpaired) electrons. The number of aliphatic hydroxyl groups is 1. The lowest BCUT2D eigenvalue weighted by Gasteiger charge is -2.13. The molecule has 0 atom stereocenters. The van der Waals surface area contributed by atoms with Gasteiger partial charge in [-0.25, -0.2) is 9.59 Å². The minimum atomic E-state index is -3.05. The molecule has 1 N–H and O–H groups in total. The Morgan fingerprint density at radius 2 is 1.19 bits per heavy atom. The molecule has 0 fully saturated rings. The first-order valence-electron chi connectivity index (χ1n) is 10.6. The molecular weight excluding hydrogens is 622 g/mol. The summed E-state index contributed by atoms with van der Waals surface area (Å²) in [5.74, 6) is 1.05. The number of carbonyl (C=O) groups excluding carboxylic acids is 2. The van der Waals surface area contributed by atoms with Gasteiger partial charge in [0.2, 0.25) is 0 Å². The summed E-state index contributed by atoms with van der Waals surface area (Å²) < 4.78 is 55.4. The van der Waals surface area contributed by atoms with Crippen LogP contribution in [0.5, 0.6) is 0 Å². The minimum absolute atomic E-state index is 0.0340.